The molecule has 16 heavy (non-hydrogen) atoms. The predicted octanol–water partition coefficient (Wildman–Crippen LogP) is 2.18. The Morgan fingerprint density at radius 2 is 2.44 bits per heavy atom. The zero-order valence-electron chi connectivity index (χ0n) is 8.48. The largest absolute Gasteiger partial charge is 0.475 e. The third-order valence-electron chi connectivity index (χ3n) is 2.08. The number of carboxylic acid groups (broad SMARTS) is 1. The summed E-state index contributed by atoms with van der Waals surface area (Å²) in [5, 5.41) is 13.3. The van der Waals surface area contributed by atoms with E-state index in [4.69, 9.17) is 21.1 Å². The summed E-state index contributed by atoms with van der Waals surface area (Å²) in [5.74, 6) is -0.565. The Kier molecular flexibility index (Phi) is 2.70. The van der Waals surface area contributed by atoms with Gasteiger partial charge in [-0.2, -0.15) is 5.10 Å². The minimum Gasteiger partial charge on any atom is -0.475 e. The number of nitrogens with zero attached hydrogens (tertiary/aromatic N) is 2. The van der Waals surface area contributed by atoms with E-state index >= 15 is 0 Å². The lowest BCUT2D eigenvalue weighted by molar-refractivity contribution is 0.0659. The summed E-state index contributed by atoms with van der Waals surface area (Å²) in [7, 11) is 0. The summed E-state index contributed by atoms with van der Waals surface area (Å²) in [4.78, 5) is 10.8. The molecule has 0 saturated carbocycles. The molecule has 5 nitrogen and oxygen atoms in total. The first kappa shape index (κ1) is 10.8. The number of carboxylic acids is 1. The molecule has 0 radical (unpaired) electrons. The van der Waals surface area contributed by atoms with Crippen molar-refractivity contribution in [2.75, 3.05) is 0 Å². The standard InChI is InChI=1S/C10H9ClN2O3/c1-6-2-8(16-9(6)10(14)15)5-13-4-7(11)3-12-13/h2-4H,5H2,1H3,(H,14,15). The van der Waals surface area contributed by atoms with Crippen LogP contribution in [0.25, 0.3) is 0 Å². The summed E-state index contributed by atoms with van der Waals surface area (Å²) in [5.41, 5.74) is 0.598. The normalized spacial score (nSPS) is 10.6. The molecule has 2 aromatic heterocycles. The summed E-state index contributed by atoms with van der Waals surface area (Å²) in [6.45, 7) is 2.05. The van der Waals surface area contributed by atoms with Crippen LogP contribution in [0.2, 0.25) is 5.02 Å². The van der Waals surface area contributed by atoms with Gasteiger partial charge in [0.05, 0.1) is 17.8 Å². The number of furan rings is 1. The molecular formula is C10H9ClN2O3. The number of hydrogen-bond donors (Lipinski definition) is 1. The van der Waals surface area contributed by atoms with Gasteiger partial charge in [-0.1, -0.05) is 11.6 Å². The van der Waals surface area contributed by atoms with Gasteiger partial charge in [-0.15, -0.1) is 0 Å². The van der Waals surface area contributed by atoms with Gasteiger partial charge in [0.25, 0.3) is 0 Å². The molecule has 0 spiro atoms. The monoisotopic (exact) mass is 240 g/mol. The van der Waals surface area contributed by atoms with Crippen LogP contribution in [-0.2, 0) is 6.54 Å². The highest BCUT2D eigenvalue weighted by Gasteiger charge is 2.14. The highest BCUT2D eigenvalue weighted by atomic mass is 35.5. The lowest BCUT2D eigenvalue weighted by Gasteiger charge is -1.96. The van der Waals surface area contributed by atoms with Crippen molar-refractivity contribution in [2.24, 2.45) is 0 Å². The van der Waals surface area contributed by atoms with Gasteiger partial charge >= 0.3 is 5.97 Å². The zero-order valence-corrected chi connectivity index (χ0v) is 9.23. The summed E-state index contributed by atoms with van der Waals surface area (Å²) >= 11 is 5.71. The van der Waals surface area contributed by atoms with Crippen molar-refractivity contribution < 1.29 is 14.3 Å². The third kappa shape index (κ3) is 2.09. The Hall–Kier alpha value is -1.75. The highest BCUT2D eigenvalue weighted by Crippen LogP contribution is 2.16. The maximum atomic E-state index is 10.8. The first-order chi connectivity index (χ1) is 7.56. The van der Waals surface area contributed by atoms with Gasteiger partial charge < -0.3 is 9.52 Å². The van der Waals surface area contributed by atoms with Gasteiger partial charge in [0.15, 0.2) is 0 Å². The molecule has 2 aromatic rings. The highest BCUT2D eigenvalue weighted by molar-refractivity contribution is 6.30. The van der Waals surface area contributed by atoms with E-state index in [0.717, 1.165) is 0 Å². The van der Waals surface area contributed by atoms with E-state index in [1.165, 1.54) is 6.20 Å². The molecule has 0 saturated heterocycles. The van der Waals surface area contributed by atoms with Crippen LogP contribution in [0.1, 0.15) is 21.9 Å². The van der Waals surface area contributed by atoms with Gasteiger partial charge in [0.2, 0.25) is 5.76 Å². The number of halogens is 1. The fourth-order valence-electron chi connectivity index (χ4n) is 1.42. The van der Waals surface area contributed by atoms with E-state index in [1.54, 1.807) is 23.9 Å². The molecule has 0 aliphatic rings. The SMILES string of the molecule is Cc1cc(Cn2cc(Cl)cn2)oc1C(=O)O. The van der Waals surface area contributed by atoms with Crippen molar-refractivity contribution >= 4 is 17.6 Å². The van der Waals surface area contributed by atoms with Gasteiger partial charge in [-0.25, -0.2) is 4.79 Å². The van der Waals surface area contributed by atoms with E-state index in [9.17, 15) is 4.79 Å². The van der Waals surface area contributed by atoms with Crippen LogP contribution in [0.5, 0.6) is 0 Å². The Labute approximate surface area is 96.2 Å². The second kappa shape index (κ2) is 4.02. The topological polar surface area (TPSA) is 68.3 Å². The molecule has 0 fully saturated rings. The van der Waals surface area contributed by atoms with Crippen molar-refractivity contribution in [1.82, 2.24) is 9.78 Å². The maximum absolute atomic E-state index is 10.8. The lowest BCUT2D eigenvalue weighted by Crippen LogP contribution is -1.98. The van der Waals surface area contributed by atoms with E-state index in [2.05, 4.69) is 5.10 Å². The first-order valence-corrected chi connectivity index (χ1v) is 4.94. The number of rotatable bonds is 3. The van der Waals surface area contributed by atoms with Gasteiger partial charge in [0.1, 0.15) is 5.76 Å². The molecule has 0 unspecified atom stereocenters. The summed E-state index contributed by atoms with van der Waals surface area (Å²) in [6, 6.07) is 1.68. The Balaban J connectivity index is 2.22. The minimum atomic E-state index is -1.07. The van der Waals surface area contributed by atoms with Crippen LogP contribution in [0, 0.1) is 6.92 Å². The second-order valence-electron chi connectivity index (χ2n) is 3.39. The van der Waals surface area contributed by atoms with Crippen molar-refractivity contribution in [1.29, 1.82) is 0 Å². The van der Waals surface area contributed by atoms with Crippen LogP contribution in [0.4, 0.5) is 0 Å². The predicted molar refractivity (Wildman–Crippen MR) is 56.7 cm³/mol. The van der Waals surface area contributed by atoms with Crippen molar-refractivity contribution in [2.45, 2.75) is 13.5 Å². The summed E-state index contributed by atoms with van der Waals surface area (Å²) in [6.07, 6.45) is 3.15. The molecule has 1 N–H and O–H groups in total. The Morgan fingerprint density at radius 1 is 1.69 bits per heavy atom. The van der Waals surface area contributed by atoms with Crippen LogP contribution in [0.3, 0.4) is 0 Å². The molecule has 0 atom stereocenters. The molecule has 0 amide bonds. The molecule has 0 aromatic carbocycles. The Bertz CT molecular complexity index is 530. The Morgan fingerprint density at radius 3 is 2.94 bits per heavy atom. The van der Waals surface area contributed by atoms with E-state index < -0.39 is 5.97 Å². The van der Waals surface area contributed by atoms with Crippen LogP contribution < -0.4 is 0 Å². The molecular weight excluding hydrogens is 232 g/mol. The van der Waals surface area contributed by atoms with Gasteiger partial charge in [0, 0.05) is 11.8 Å². The number of aromatic nitrogens is 2. The average molecular weight is 241 g/mol. The molecule has 84 valence electrons. The second-order valence-corrected chi connectivity index (χ2v) is 3.82. The molecule has 2 rings (SSSR count). The van der Waals surface area contributed by atoms with Crippen LogP contribution in [-0.4, -0.2) is 20.9 Å². The van der Waals surface area contributed by atoms with E-state index in [-0.39, 0.29) is 5.76 Å². The summed E-state index contributed by atoms with van der Waals surface area (Å²) < 4.78 is 6.76. The number of carbonyl (C=O) groups is 1. The molecule has 0 aliphatic carbocycles. The van der Waals surface area contributed by atoms with Crippen molar-refractivity contribution in [3.63, 3.8) is 0 Å². The van der Waals surface area contributed by atoms with Crippen LogP contribution >= 0.6 is 11.6 Å². The maximum Gasteiger partial charge on any atom is 0.372 e. The fraction of sp³-hybridized carbons (Fsp3) is 0.200. The quantitative estimate of drug-likeness (QED) is 0.893. The van der Waals surface area contributed by atoms with E-state index in [0.29, 0.717) is 22.9 Å². The fourth-order valence-corrected chi connectivity index (χ4v) is 1.58. The van der Waals surface area contributed by atoms with Crippen molar-refractivity contribution in [3.05, 3.63) is 40.6 Å². The average Bonchev–Trinajstić information content (AvgIpc) is 2.73. The first-order valence-electron chi connectivity index (χ1n) is 4.57. The number of aryl methyl sites for hydroxylation is 1. The van der Waals surface area contributed by atoms with Gasteiger partial charge in [-0.05, 0) is 13.0 Å². The molecule has 6 heteroatoms. The van der Waals surface area contributed by atoms with Crippen molar-refractivity contribution in [3.8, 4) is 0 Å². The van der Waals surface area contributed by atoms with Gasteiger partial charge in [-0.3, -0.25) is 4.68 Å². The molecule has 0 aliphatic heterocycles. The smallest absolute Gasteiger partial charge is 0.372 e. The third-order valence-corrected chi connectivity index (χ3v) is 2.28. The lowest BCUT2D eigenvalue weighted by atomic mass is 10.2. The minimum absolute atomic E-state index is 0.0340. The number of aromatic carboxylic acids is 1. The zero-order chi connectivity index (χ0) is 11.7. The molecule has 2 heterocycles. The van der Waals surface area contributed by atoms with E-state index in [1.807, 2.05) is 0 Å². The molecule has 0 bridgehead atoms. The number of hydrogen-bond acceptors (Lipinski definition) is 3. The van der Waals surface area contributed by atoms with Crippen LogP contribution in [0.15, 0.2) is 22.9 Å².